The van der Waals surface area contributed by atoms with E-state index in [1.54, 1.807) is 0 Å². The van der Waals surface area contributed by atoms with Gasteiger partial charge in [0.15, 0.2) is 0 Å². The summed E-state index contributed by atoms with van der Waals surface area (Å²) in [6.45, 7) is 0. The molecule has 3 nitrogen and oxygen atoms in total. The highest BCUT2D eigenvalue weighted by atomic mass is 19.4. The lowest BCUT2D eigenvalue weighted by molar-refractivity contribution is -0.274. The molecule has 1 heterocycles. The molecule has 2 aromatic rings. The Balaban J connectivity index is 2.57. The average Bonchev–Trinajstić information content (AvgIpc) is 2.40. The van der Waals surface area contributed by atoms with Crippen LogP contribution in [0.4, 0.5) is 17.6 Å². The summed E-state index contributed by atoms with van der Waals surface area (Å²) in [5.41, 5.74) is 0.244. The first-order valence-corrected chi connectivity index (χ1v) is 5.78. The van der Waals surface area contributed by atoms with Crippen LogP contribution >= 0.6 is 0 Å². The first kappa shape index (κ1) is 14.8. The molecule has 1 aromatic carbocycles. The molecule has 0 aliphatic rings. The van der Waals surface area contributed by atoms with Crippen LogP contribution in [0.5, 0.6) is 5.75 Å². The summed E-state index contributed by atoms with van der Waals surface area (Å²) in [5.74, 6) is -1.35. The highest BCUT2D eigenvalue weighted by molar-refractivity contribution is 5.70. The molecule has 0 amide bonds. The summed E-state index contributed by atoms with van der Waals surface area (Å²) in [6.07, 6.45) is -4.98. The molecule has 0 radical (unpaired) electrons. The predicted molar refractivity (Wildman–Crippen MR) is 65.6 cm³/mol. The van der Waals surface area contributed by atoms with Gasteiger partial charge in [-0.2, -0.15) is 9.65 Å². The summed E-state index contributed by atoms with van der Waals surface area (Å²) in [7, 11) is 0. The van der Waals surface area contributed by atoms with E-state index in [9.17, 15) is 17.6 Å². The summed E-state index contributed by atoms with van der Waals surface area (Å²) >= 11 is 0. The summed E-state index contributed by atoms with van der Waals surface area (Å²) in [5, 5.41) is 8.73. The van der Waals surface area contributed by atoms with Crippen molar-refractivity contribution in [2.24, 2.45) is 0 Å². The third-order valence-electron chi connectivity index (χ3n) is 2.58. The summed E-state index contributed by atoms with van der Waals surface area (Å²) in [6, 6.07) is 9.47. The molecular weight excluding hydrogens is 288 g/mol. The van der Waals surface area contributed by atoms with E-state index in [1.165, 1.54) is 24.3 Å². The van der Waals surface area contributed by atoms with Crippen molar-refractivity contribution in [1.82, 2.24) is 4.98 Å². The molecule has 108 valence electrons. The van der Waals surface area contributed by atoms with Crippen LogP contribution in [0.1, 0.15) is 5.56 Å². The predicted octanol–water partition coefficient (Wildman–Crippen LogP) is 3.85. The third-order valence-corrected chi connectivity index (χ3v) is 2.58. The maximum Gasteiger partial charge on any atom is 0.573 e. The van der Waals surface area contributed by atoms with Gasteiger partial charge in [-0.05, 0) is 23.8 Å². The van der Waals surface area contributed by atoms with Gasteiger partial charge in [0, 0.05) is 5.56 Å². The fourth-order valence-corrected chi connectivity index (χ4v) is 1.80. The maximum absolute atomic E-state index is 13.3. The lowest BCUT2D eigenvalue weighted by Gasteiger charge is -2.14. The topological polar surface area (TPSA) is 45.9 Å². The van der Waals surface area contributed by atoms with Crippen LogP contribution in [0.3, 0.4) is 0 Å². The molecule has 0 N–H and O–H groups in total. The van der Waals surface area contributed by atoms with Crippen molar-refractivity contribution in [1.29, 1.82) is 5.26 Å². The monoisotopic (exact) mass is 296 g/mol. The van der Waals surface area contributed by atoms with Crippen molar-refractivity contribution in [3.05, 3.63) is 47.9 Å². The third kappa shape index (κ3) is 3.69. The van der Waals surface area contributed by atoms with Gasteiger partial charge in [-0.3, -0.25) is 0 Å². The minimum Gasteiger partial charge on any atom is -0.405 e. The highest BCUT2D eigenvalue weighted by Gasteiger charge is 2.32. The van der Waals surface area contributed by atoms with Crippen molar-refractivity contribution < 1.29 is 22.3 Å². The zero-order valence-corrected chi connectivity index (χ0v) is 10.5. The molecule has 21 heavy (non-hydrogen) atoms. The lowest BCUT2D eigenvalue weighted by atomic mass is 10.0. The number of pyridine rings is 1. The molecule has 0 fully saturated rings. The Kier molecular flexibility index (Phi) is 4.08. The minimum absolute atomic E-state index is 0.0282. The number of rotatable bonds is 3. The van der Waals surface area contributed by atoms with E-state index >= 15 is 0 Å². The van der Waals surface area contributed by atoms with Gasteiger partial charge in [-0.15, -0.1) is 13.2 Å². The van der Waals surface area contributed by atoms with Gasteiger partial charge in [0.25, 0.3) is 0 Å². The maximum atomic E-state index is 13.3. The number of aromatic nitrogens is 1. The van der Waals surface area contributed by atoms with E-state index in [4.69, 9.17) is 5.26 Å². The number of nitrogens with zero attached hydrogens (tertiary/aromatic N) is 2. The number of hydrogen-bond acceptors (Lipinski definition) is 3. The quantitative estimate of drug-likeness (QED) is 0.638. The van der Waals surface area contributed by atoms with Crippen molar-refractivity contribution >= 4 is 0 Å². The SMILES string of the molecule is N#CCc1ccc(F)nc1-c1ccccc1OC(F)(F)F. The Morgan fingerprint density at radius 3 is 2.52 bits per heavy atom. The van der Waals surface area contributed by atoms with Gasteiger partial charge in [0.1, 0.15) is 5.75 Å². The zero-order chi connectivity index (χ0) is 15.5. The van der Waals surface area contributed by atoms with Gasteiger partial charge in [-0.25, -0.2) is 4.98 Å². The van der Waals surface area contributed by atoms with Crippen LogP contribution in [0.2, 0.25) is 0 Å². The fourth-order valence-electron chi connectivity index (χ4n) is 1.80. The minimum atomic E-state index is -4.88. The number of halogens is 4. The van der Waals surface area contributed by atoms with Gasteiger partial charge in [0.2, 0.25) is 5.95 Å². The molecule has 7 heteroatoms. The van der Waals surface area contributed by atoms with Crippen molar-refractivity contribution in [2.75, 3.05) is 0 Å². The van der Waals surface area contributed by atoms with E-state index in [2.05, 4.69) is 9.72 Å². The van der Waals surface area contributed by atoms with Crippen LogP contribution in [0.25, 0.3) is 11.3 Å². The first-order valence-electron chi connectivity index (χ1n) is 5.78. The van der Waals surface area contributed by atoms with Crippen LogP contribution < -0.4 is 4.74 Å². The second kappa shape index (κ2) is 5.79. The number of ether oxygens (including phenoxy) is 1. The molecule has 0 aliphatic heterocycles. The average molecular weight is 296 g/mol. The Labute approximate surface area is 117 Å². The van der Waals surface area contributed by atoms with E-state index in [0.717, 1.165) is 12.1 Å². The molecule has 0 saturated carbocycles. The van der Waals surface area contributed by atoms with Crippen molar-refractivity contribution in [3.8, 4) is 23.1 Å². The van der Waals surface area contributed by atoms with Crippen molar-refractivity contribution in [3.63, 3.8) is 0 Å². The zero-order valence-electron chi connectivity index (χ0n) is 10.5. The molecule has 0 spiro atoms. The van der Waals surface area contributed by atoms with E-state index in [1.807, 2.05) is 6.07 Å². The van der Waals surface area contributed by atoms with Crippen LogP contribution in [-0.2, 0) is 6.42 Å². The van der Waals surface area contributed by atoms with Gasteiger partial charge in [-0.1, -0.05) is 18.2 Å². The molecule has 2 rings (SSSR count). The number of alkyl halides is 3. The molecule has 1 aromatic heterocycles. The van der Waals surface area contributed by atoms with E-state index < -0.39 is 18.1 Å². The van der Waals surface area contributed by atoms with Gasteiger partial charge < -0.3 is 4.74 Å². The summed E-state index contributed by atoms with van der Waals surface area (Å²) in [4.78, 5) is 3.59. The molecule has 0 unspecified atom stereocenters. The molecule has 0 saturated heterocycles. The van der Waals surface area contributed by atoms with Gasteiger partial charge >= 0.3 is 6.36 Å². The molecule has 0 bridgehead atoms. The van der Waals surface area contributed by atoms with Crippen LogP contribution in [-0.4, -0.2) is 11.3 Å². The molecule has 0 atom stereocenters. The number of benzene rings is 1. The second-order valence-corrected chi connectivity index (χ2v) is 4.02. The van der Waals surface area contributed by atoms with Crippen LogP contribution in [0, 0.1) is 17.3 Å². The van der Waals surface area contributed by atoms with Crippen molar-refractivity contribution in [2.45, 2.75) is 12.8 Å². The standard InChI is InChI=1S/C14H8F4N2O/c15-12-6-5-9(7-8-19)13(20-12)10-3-1-2-4-11(10)21-14(16,17)18/h1-6H,7H2. The number of nitriles is 1. The van der Waals surface area contributed by atoms with E-state index in [-0.39, 0.29) is 17.7 Å². The van der Waals surface area contributed by atoms with Crippen LogP contribution in [0.15, 0.2) is 36.4 Å². The lowest BCUT2D eigenvalue weighted by Crippen LogP contribution is -2.17. The number of para-hydroxylation sites is 1. The molecular formula is C14H8F4N2O. The highest BCUT2D eigenvalue weighted by Crippen LogP contribution is 2.34. The first-order chi connectivity index (χ1) is 9.90. The Morgan fingerprint density at radius 1 is 1.14 bits per heavy atom. The van der Waals surface area contributed by atoms with Gasteiger partial charge in [0.05, 0.1) is 18.2 Å². The second-order valence-electron chi connectivity index (χ2n) is 4.02. The Bertz CT molecular complexity index is 692. The number of hydrogen-bond donors (Lipinski definition) is 0. The Morgan fingerprint density at radius 2 is 1.86 bits per heavy atom. The Hall–Kier alpha value is -2.62. The normalized spacial score (nSPS) is 11.0. The fraction of sp³-hybridized carbons (Fsp3) is 0.143. The smallest absolute Gasteiger partial charge is 0.405 e. The molecule has 0 aliphatic carbocycles. The largest absolute Gasteiger partial charge is 0.573 e. The summed E-state index contributed by atoms with van der Waals surface area (Å²) < 4.78 is 54.4. The van der Waals surface area contributed by atoms with E-state index in [0.29, 0.717) is 5.56 Å².